The fraction of sp³-hybridized carbons (Fsp3) is 0.462. The number of hydrogen-bond donors (Lipinski definition) is 0. The molecule has 0 atom stereocenters. The molecule has 0 aliphatic rings. The number of rotatable bonds is 3. The van der Waals surface area contributed by atoms with Gasteiger partial charge in [-0.2, -0.15) is 13.2 Å². The van der Waals surface area contributed by atoms with Gasteiger partial charge in [0.1, 0.15) is 0 Å². The molecular weight excluding hydrogens is 213 g/mol. The number of alkyl halides is 3. The topological polar surface area (TPSA) is 0 Å². The zero-order chi connectivity index (χ0) is 12.3. The van der Waals surface area contributed by atoms with Crippen LogP contribution in [0.15, 0.2) is 18.2 Å². The molecule has 0 fully saturated rings. The van der Waals surface area contributed by atoms with Crippen LogP contribution in [0, 0.1) is 5.92 Å². The minimum Gasteiger partial charge on any atom is -0.166 e. The first kappa shape index (κ1) is 13.1. The summed E-state index contributed by atoms with van der Waals surface area (Å²) in [5.41, 5.74) is 0.254. The third kappa shape index (κ3) is 2.77. The molecule has 1 rings (SSSR count). The Balaban J connectivity index is 3.35. The van der Waals surface area contributed by atoms with Crippen LogP contribution < -0.4 is 0 Å². The monoisotopic (exact) mass is 229 g/mol. The summed E-state index contributed by atoms with van der Waals surface area (Å²) in [7, 11) is 0. The highest BCUT2D eigenvalue weighted by molar-refractivity contribution is 5.44. The van der Waals surface area contributed by atoms with Crippen molar-refractivity contribution in [2.24, 2.45) is 0 Å². The summed E-state index contributed by atoms with van der Waals surface area (Å²) in [5, 5.41) is 0. The van der Waals surface area contributed by atoms with Gasteiger partial charge in [-0.3, -0.25) is 0 Å². The zero-order valence-corrected chi connectivity index (χ0v) is 9.78. The molecule has 0 saturated carbocycles. The van der Waals surface area contributed by atoms with Crippen molar-refractivity contribution in [3.05, 3.63) is 40.8 Å². The highest BCUT2D eigenvalue weighted by Crippen LogP contribution is 2.37. The molecule has 0 aliphatic carbocycles. The van der Waals surface area contributed by atoms with E-state index in [1.807, 2.05) is 6.92 Å². The molecule has 3 heteroatoms. The third-order valence-corrected chi connectivity index (χ3v) is 2.49. The van der Waals surface area contributed by atoms with Gasteiger partial charge in [0, 0.05) is 0 Å². The van der Waals surface area contributed by atoms with E-state index in [9.17, 15) is 13.2 Å². The van der Waals surface area contributed by atoms with E-state index >= 15 is 0 Å². The normalized spacial score (nSPS) is 12.2. The molecule has 0 aliphatic heterocycles. The van der Waals surface area contributed by atoms with Crippen LogP contribution in [0.4, 0.5) is 13.2 Å². The molecule has 0 bridgehead atoms. The van der Waals surface area contributed by atoms with Crippen LogP contribution in [-0.4, -0.2) is 0 Å². The van der Waals surface area contributed by atoms with Gasteiger partial charge in [0.05, 0.1) is 5.56 Å². The van der Waals surface area contributed by atoms with Crippen LogP contribution in [0.1, 0.15) is 43.9 Å². The minimum atomic E-state index is -4.27. The maximum Gasteiger partial charge on any atom is 0.416 e. The summed E-state index contributed by atoms with van der Waals surface area (Å²) in [5.74, 6) is 0.699. The Bertz CT molecular complexity index is 351. The first-order valence-electron chi connectivity index (χ1n) is 5.37. The smallest absolute Gasteiger partial charge is 0.166 e. The predicted molar refractivity (Wildman–Crippen MR) is 59.1 cm³/mol. The average Bonchev–Trinajstić information content (AvgIpc) is 2.16. The predicted octanol–water partition coefficient (Wildman–Crippen LogP) is 4.62. The average molecular weight is 229 g/mol. The summed E-state index contributed by atoms with van der Waals surface area (Å²) < 4.78 is 38.9. The van der Waals surface area contributed by atoms with Crippen LogP contribution in [0.5, 0.6) is 0 Å². The number of halogens is 3. The van der Waals surface area contributed by atoms with Gasteiger partial charge in [0.2, 0.25) is 0 Å². The van der Waals surface area contributed by atoms with Gasteiger partial charge >= 0.3 is 6.18 Å². The van der Waals surface area contributed by atoms with Crippen molar-refractivity contribution < 1.29 is 13.2 Å². The maximum absolute atomic E-state index is 13.0. The van der Waals surface area contributed by atoms with Gasteiger partial charge < -0.3 is 0 Å². The molecule has 0 nitrogen and oxygen atoms in total. The van der Waals surface area contributed by atoms with Gasteiger partial charge in [-0.05, 0) is 23.5 Å². The van der Waals surface area contributed by atoms with E-state index in [0.717, 1.165) is 6.42 Å². The molecule has 1 aromatic rings. The molecule has 0 unspecified atom stereocenters. The highest BCUT2D eigenvalue weighted by atomic mass is 19.4. The number of benzene rings is 1. The Morgan fingerprint density at radius 1 is 1.19 bits per heavy atom. The standard InChI is InChI=1S/C13H16F3/c1-4-6-10-7-5-8-11(9(2)3)12(10)13(14,15)16/h5,7-8H,4,6H2,1-3H3. The van der Waals surface area contributed by atoms with Crippen molar-refractivity contribution in [1.29, 1.82) is 0 Å². The Hall–Kier alpha value is -0.990. The molecule has 0 heterocycles. The highest BCUT2D eigenvalue weighted by Gasteiger charge is 2.36. The lowest BCUT2D eigenvalue weighted by atomic mass is 9.91. The molecule has 0 aromatic heterocycles. The lowest BCUT2D eigenvalue weighted by Crippen LogP contribution is -2.14. The van der Waals surface area contributed by atoms with Crippen molar-refractivity contribution in [2.45, 2.75) is 39.8 Å². The quantitative estimate of drug-likeness (QED) is 0.709. The summed E-state index contributed by atoms with van der Waals surface area (Å²) in [6, 6.07) is 4.80. The molecular formula is C13H16F3. The largest absolute Gasteiger partial charge is 0.416 e. The van der Waals surface area contributed by atoms with Gasteiger partial charge in [0.15, 0.2) is 0 Å². The summed E-state index contributed by atoms with van der Waals surface area (Å²) in [6.07, 6.45) is -3.08. The van der Waals surface area contributed by atoms with E-state index < -0.39 is 11.7 Å². The molecule has 0 saturated heterocycles. The molecule has 0 spiro atoms. The van der Waals surface area contributed by atoms with E-state index in [2.05, 4.69) is 0 Å². The van der Waals surface area contributed by atoms with E-state index in [1.165, 1.54) is 6.07 Å². The van der Waals surface area contributed by atoms with Crippen molar-refractivity contribution >= 4 is 0 Å². The van der Waals surface area contributed by atoms with E-state index in [0.29, 0.717) is 23.5 Å². The maximum atomic E-state index is 13.0. The number of hydrogen-bond acceptors (Lipinski definition) is 0. The first-order valence-corrected chi connectivity index (χ1v) is 5.37. The Morgan fingerprint density at radius 3 is 2.25 bits per heavy atom. The van der Waals surface area contributed by atoms with Crippen molar-refractivity contribution in [1.82, 2.24) is 0 Å². The third-order valence-electron chi connectivity index (χ3n) is 2.49. The summed E-state index contributed by atoms with van der Waals surface area (Å²) in [4.78, 5) is 0. The van der Waals surface area contributed by atoms with E-state index in [1.54, 1.807) is 26.0 Å². The molecule has 16 heavy (non-hydrogen) atoms. The van der Waals surface area contributed by atoms with Gasteiger partial charge in [-0.15, -0.1) is 0 Å². The molecule has 1 aromatic carbocycles. The summed E-state index contributed by atoms with van der Waals surface area (Å²) >= 11 is 0. The second-order valence-electron chi connectivity index (χ2n) is 4.09. The van der Waals surface area contributed by atoms with Crippen LogP contribution in [0.25, 0.3) is 0 Å². The van der Waals surface area contributed by atoms with Crippen molar-refractivity contribution in [2.75, 3.05) is 0 Å². The lowest BCUT2D eigenvalue weighted by molar-refractivity contribution is -0.138. The Labute approximate surface area is 94.5 Å². The second-order valence-corrected chi connectivity index (χ2v) is 4.09. The van der Waals surface area contributed by atoms with Crippen LogP contribution in [0.2, 0.25) is 0 Å². The number of aryl methyl sites for hydroxylation is 1. The van der Waals surface area contributed by atoms with Gasteiger partial charge in [0.25, 0.3) is 0 Å². The fourth-order valence-electron chi connectivity index (χ4n) is 1.83. The van der Waals surface area contributed by atoms with E-state index in [4.69, 9.17) is 0 Å². The minimum absolute atomic E-state index is 0.318. The fourth-order valence-corrected chi connectivity index (χ4v) is 1.83. The molecule has 0 amide bonds. The zero-order valence-electron chi connectivity index (χ0n) is 9.78. The summed E-state index contributed by atoms with van der Waals surface area (Å²) in [6.45, 7) is 5.30. The van der Waals surface area contributed by atoms with Crippen molar-refractivity contribution in [3.8, 4) is 0 Å². The second kappa shape index (κ2) is 4.89. The lowest BCUT2D eigenvalue weighted by Gasteiger charge is -2.19. The Morgan fingerprint density at radius 2 is 1.81 bits per heavy atom. The Kier molecular flexibility index (Phi) is 4.00. The first-order chi connectivity index (χ1) is 7.38. The molecule has 1 radical (unpaired) electrons. The van der Waals surface area contributed by atoms with Gasteiger partial charge in [-0.1, -0.05) is 45.4 Å². The molecule has 89 valence electrons. The van der Waals surface area contributed by atoms with Crippen LogP contribution in [-0.2, 0) is 12.6 Å². The van der Waals surface area contributed by atoms with Gasteiger partial charge in [-0.25, -0.2) is 0 Å². The van der Waals surface area contributed by atoms with Crippen LogP contribution in [0.3, 0.4) is 0 Å². The SMILES string of the molecule is CCCc1cccc([C](C)C)c1C(F)(F)F. The van der Waals surface area contributed by atoms with Crippen molar-refractivity contribution in [3.63, 3.8) is 0 Å². The molecule has 0 N–H and O–H groups in total. The van der Waals surface area contributed by atoms with Crippen LogP contribution >= 0.6 is 0 Å². The van der Waals surface area contributed by atoms with E-state index in [-0.39, 0.29) is 0 Å².